The molecule has 0 unspecified atom stereocenters. The summed E-state index contributed by atoms with van der Waals surface area (Å²) in [7, 11) is 0. The lowest BCUT2D eigenvalue weighted by Crippen LogP contribution is -1.97. The van der Waals surface area contributed by atoms with E-state index in [0.29, 0.717) is 35.9 Å². The van der Waals surface area contributed by atoms with Crippen molar-refractivity contribution in [2.24, 2.45) is 0 Å². The van der Waals surface area contributed by atoms with E-state index in [1.807, 2.05) is 18.2 Å². The molecule has 0 aliphatic rings. The molecule has 0 aliphatic carbocycles. The summed E-state index contributed by atoms with van der Waals surface area (Å²) < 4.78 is 11.2. The molecule has 0 radical (unpaired) electrons. The Bertz CT molecular complexity index is 602. The smallest absolute Gasteiger partial charge is 0.176 e. The molecule has 1 aromatic heterocycles. The van der Waals surface area contributed by atoms with E-state index >= 15 is 0 Å². The standard InChI is InChI=1S/C14H12Cl2O3/c15-6-2-8-18-12-4-1-3-10-9-13(19-14(10)12)11(16)5-7-17/h1,3-5,7,9H,2,6,8H2/b11-5-. The number of hydrogen-bond acceptors (Lipinski definition) is 3. The van der Waals surface area contributed by atoms with Gasteiger partial charge in [-0.25, -0.2) is 0 Å². The normalized spacial score (nSPS) is 11.8. The van der Waals surface area contributed by atoms with Crippen LogP contribution in [-0.4, -0.2) is 18.8 Å². The van der Waals surface area contributed by atoms with Crippen molar-refractivity contribution in [3.63, 3.8) is 0 Å². The zero-order chi connectivity index (χ0) is 13.7. The van der Waals surface area contributed by atoms with Crippen molar-refractivity contribution in [3.05, 3.63) is 36.1 Å². The van der Waals surface area contributed by atoms with E-state index in [2.05, 4.69) is 0 Å². The van der Waals surface area contributed by atoms with Crippen LogP contribution in [0, 0.1) is 0 Å². The molecular weight excluding hydrogens is 287 g/mol. The first-order valence-electron chi connectivity index (χ1n) is 5.79. The van der Waals surface area contributed by atoms with E-state index in [9.17, 15) is 4.79 Å². The maximum atomic E-state index is 10.4. The van der Waals surface area contributed by atoms with Crippen LogP contribution in [0.15, 0.2) is 34.8 Å². The highest BCUT2D eigenvalue weighted by Gasteiger charge is 2.11. The van der Waals surface area contributed by atoms with Crippen LogP contribution in [0.4, 0.5) is 0 Å². The molecule has 0 N–H and O–H groups in total. The van der Waals surface area contributed by atoms with Crippen LogP contribution < -0.4 is 4.74 Å². The molecule has 0 spiro atoms. The minimum absolute atomic E-state index is 0.262. The van der Waals surface area contributed by atoms with Gasteiger partial charge >= 0.3 is 0 Å². The molecule has 2 aromatic rings. The lowest BCUT2D eigenvalue weighted by Gasteiger charge is -2.04. The second-order valence-corrected chi connectivity index (χ2v) is 4.61. The average molecular weight is 299 g/mol. The minimum atomic E-state index is 0.262. The molecule has 0 fully saturated rings. The van der Waals surface area contributed by atoms with Gasteiger partial charge in [0.2, 0.25) is 0 Å². The third-order valence-corrected chi connectivity index (χ3v) is 3.07. The van der Waals surface area contributed by atoms with Gasteiger partial charge in [0.15, 0.2) is 11.3 Å². The number of alkyl halides is 1. The maximum Gasteiger partial charge on any atom is 0.176 e. The van der Waals surface area contributed by atoms with Crippen LogP contribution >= 0.6 is 23.2 Å². The molecule has 0 saturated heterocycles. The number of furan rings is 1. The molecule has 0 bridgehead atoms. The first-order chi connectivity index (χ1) is 9.26. The fourth-order valence-electron chi connectivity index (χ4n) is 1.65. The number of halogens is 2. The minimum Gasteiger partial charge on any atom is -0.490 e. The first kappa shape index (κ1) is 14.0. The molecule has 19 heavy (non-hydrogen) atoms. The van der Waals surface area contributed by atoms with Crippen LogP contribution in [0.3, 0.4) is 0 Å². The summed E-state index contributed by atoms with van der Waals surface area (Å²) in [5.74, 6) is 1.63. The number of hydrogen-bond donors (Lipinski definition) is 0. The number of allylic oxidation sites excluding steroid dienone is 1. The van der Waals surface area contributed by atoms with Crippen molar-refractivity contribution in [2.45, 2.75) is 6.42 Å². The Labute approximate surface area is 120 Å². The summed E-state index contributed by atoms with van der Waals surface area (Å²) in [6.07, 6.45) is 2.62. The van der Waals surface area contributed by atoms with E-state index < -0.39 is 0 Å². The Kier molecular flexibility index (Phi) is 4.88. The van der Waals surface area contributed by atoms with Gasteiger partial charge in [-0.1, -0.05) is 23.7 Å². The van der Waals surface area contributed by atoms with Gasteiger partial charge in [-0.05, 0) is 18.6 Å². The first-order valence-corrected chi connectivity index (χ1v) is 6.70. The second-order valence-electron chi connectivity index (χ2n) is 3.83. The molecular formula is C14H12Cl2O3. The number of benzene rings is 1. The highest BCUT2D eigenvalue weighted by Crippen LogP contribution is 2.32. The third-order valence-electron chi connectivity index (χ3n) is 2.49. The Balaban J connectivity index is 2.33. The van der Waals surface area contributed by atoms with Gasteiger partial charge < -0.3 is 9.15 Å². The summed E-state index contributed by atoms with van der Waals surface area (Å²) in [6, 6.07) is 7.35. The summed E-state index contributed by atoms with van der Waals surface area (Å²) in [6.45, 7) is 0.524. The fraction of sp³-hybridized carbons (Fsp3) is 0.214. The molecule has 2 rings (SSSR count). The van der Waals surface area contributed by atoms with E-state index in [4.69, 9.17) is 32.4 Å². The molecule has 5 heteroatoms. The van der Waals surface area contributed by atoms with Crippen molar-refractivity contribution in [2.75, 3.05) is 12.5 Å². The molecule has 1 heterocycles. The van der Waals surface area contributed by atoms with Gasteiger partial charge in [0.05, 0.1) is 11.6 Å². The molecule has 0 saturated carbocycles. The van der Waals surface area contributed by atoms with Gasteiger partial charge in [0.25, 0.3) is 0 Å². The monoisotopic (exact) mass is 298 g/mol. The van der Waals surface area contributed by atoms with Crippen LogP contribution in [0.2, 0.25) is 0 Å². The number of rotatable bonds is 6. The lowest BCUT2D eigenvalue weighted by molar-refractivity contribution is -0.104. The molecule has 1 aromatic carbocycles. The van der Waals surface area contributed by atoms with Crippen LogP contribution in [0.25, 0.3) is 16.0 Å². The van der Waals surface area contributed by atoms with Gasteiger partial charge in [-0.3, -0.25) is 4.79 Å². The van der Waals surface area contributed by atoms with E-state index in [1.54, 1.807) is 6.07 Å². The summed E-state index contributed by atoms with van der Waals surface area (Å²) in [4.78, 5) is 10.4. The van der Waals surface area contributed by atoms with Gasteiger partial charge in [0, 0.05) is 17.3 Å². The zero-order valence-corrected chi connectivity index (χ0v) is 11.6. The topological polar surface area (TPSA) is 39.4 Å². The Morgan fingerprint density at radius 3 is 3.00 bits per heavy atom. The fourth-order valence-corrected chi connectivity index (χ4v) is 1.90. The number of aldehydes is 1. The third kappa shape index (κ3) is 3.31. The Morgan fingerprint density at radius 2 is 2.26 bits per heavy atom. The largest absolute Gasteiger partial charge is 0.490 e. The van der Waals surface area contributed by atoms with Crippen molar-refractivity contribution >= 4 is 45.5 Å². The van der Waals surface area contributed by atoms with E-state index in [-0.39, 0.29) is 5.03 Å². The Hall–Kier alpha value is -1.45. The zero-order valence-electron chi connectivity index (χ0n) is 10.1. The Morgan fingerprint density at radius 1 is 1.42 bits per heavy atom. The highest BCUT2D eigenvalue weighted by molar-refractivity contribution is 6.49. The molecule has 100 valence electrons. The van der Waals surface area contributed by atoms with Crippen molar-refractivity contribution < 1.29 is 13.9 Å². The molecule has 0 aliphatic heterocycles. The van der Waals surface area contributed by atoms with E-state index in [1.165, 1.54) is 6.08 Å². The van der Waals surface area contributed by atoms with Gasteiger partial charge in [-0.15, -0.1) is 11.6 Å². The second kappa shape index (κ2) is 6.64. The average Bonchev–Trinajstić information content (AvgIpc) is 2.84. The SMILES string of the molecule is O=C/C=C(\Cl)c1cc2cccc(OCCCCl)c2o1. The maximum absolute atomic E-state index is 10.4. The van der Waals surface area contributed by atoms with Crippen molar-refractivity contribution in [1.82, 2.24) is 0 Å². The molecule has 0 atom stereocenters. The number of carbonyl (C=O) groups is 1. The number of para-hydroxylation sites is 1. The van der Waals surface area contributed by atoms with Crippen molar-refractivity contribution in [3.8, 4) is 5.75 Å². The lowest BCUT2D eigenvalue weighted by atomic mass is 10.2. The molecule has 3 nitrogen and oxygen atoms in total. The number of fused-ring (bicyclic) bond motifs is 1. The summed E-state index contributed by atoms with van der Waals surface area (Å²) >= 11 is 11.5. The quantitative estimate of drug-likeness (QED) is 0.347. The predicted molar refractivity (Wildman–Crippen MR) is 76.9 cm³/mol. The van der Waals surface area contributed by atoms with Crippen molar-refractivity contribution in [1.29, 1.82) is 0 Å². The number of ether oxygens (including phenoxy) is 1. The predicted octanol–water partition coefficient (Wildman–Crippen LogP) is 4.22. The van der Waals surface area contributed by atoms with Crippen LogP contribution in [0.1, 0.15) is 12.2 Å². The van der Waals surface area contributed by atoms with Gasteiger partial charge in [0.1, 0.15) is 12.0 Å². The van der Waals surface area contributed by atoms with Crippen LogP contribution in [0.5, 0.6) is 5.75 Å². The van der Waals surface area contributed by atoms with E-state index in [0.717, 1.165) is 11.8 Å². The van der Waals surface area contributed by atoms with Crippen LogP contribution in [-0.2, 0) is 4.79 Å². The molecule has 0 amide bonds. The highest BCUT2D eigenvalue weighted by atomic mass is 35.5. The number of carbonyl (C=O) groups excluding carboxylic acids is 1. The summed E-state index contributed by atoms with van der Waals surface area (Å²) in [5, 5.41) is 1.13. The van der Waals surface area contributed by atoms with Gasteiger partial charge in [-0.2, -0.15) is 0 Å². The summed E-state index contributed by atoms with van der Waals surface area (Å²) in [5.41, 5.74) is 0.615.